The average Bonchev–Trinajstić information content (AvgIpc) is 2.52. The highest BCUT2D eigenvalue weighted by Gasteiger charge is 2.31. The van der Waals surface area contributed by atoms with Crippen molar-refractivity contribution in [2.45, 2.75) is 70.7 Å². The maximum Gasteiger partial charge on any atom is 0.410 e. The highest BCUT2D eigenvalue weighted by Crippen LogP contribution is 2.23. The first-order chi connectivity index (χ1) is 11.8. The number of likely N-dealkylation sites (tertiary alicyclic amines) is 1. The number of amides is 1. The standard InChI is InChI=1S/C20H29NO4/c1-20(2,3)25-19(24)21-13-12-16(18(23)14-21)10-5-4-8-15-9-6-7-11-17(15)22/h15-18,22-23H,6-7,9,11-14H2,1-3H3/t15-,16-,17-,18-/m1/s1. The van der Waals surface area contributed by atoms with Gasteiger partial charge in [-0.15, -0.1) is 0 Å². The monoisotopic (exact) mass is 347 g/mol. The molecule has 0 spiro atoms. The van der Waals surface area contributed by atoms with Crippen LogP contribution in [0.1, 0.15) is 52.9 Å². The molecule has 1 aliphatic carbocycles. The van der Waals surface area contributed by atoms with Gasteiger partial charge in [0.1, 0.15) is 5.60 Å². The quantitative estimate of drug-likeness (QED) is 0.659. The Kier molecular flexibility index (Phi) is 6.76. The zero-order valence-corrected chi connectivity index (χ0v) is 15.4. The van der Waals surface area contributed by atoms with Crippen LogP contribution in [0.15, 0.2) is 0 Å². The van der Waals surface area contributed by atoms with Crippen LogP contribution in [0, 0.1) is 35.5 Å². The lowest BCUT2D eigenvalue weighted by atomic mass is 9.87. The molecule has 0 aromatic heterocycles. The van der Waals surface area contributed by atoms with Crippen LogP contribution < -0.4 is 0 Å². The molecule has 0 bridgehead atoms. The number of aliphatic hydroxyl groups is 2. The summed E-state index contributed by atoms with van der Waals surface area (Å²) in [6.45, 7) is 6.20. The SMILES string of the molecule is CC(C)(C)OC(=O)N1CC[C@@H](C#CC#C[C@@H]2CCCC[C@H]2O)[C@H](O)C1. The molecule has 5 heteroatoms. The molecule has 0 radical (unpaired) electrons. The number of carbonyl (C=O) groups excluding carboxylic acids is 1. The number of piperidine rings is 1. The second kappa shape index (κ2) is 8.61. The Morgan fingerprint density at radius 1 is 1.00 bits per heavy atom. The molecular weight excluding hydrogens is 318 g/mol. The van der Waals surface area contributed by atoms with Crippen LogP contribution in [0.4, 0.5) is 4.79 Å². The Labute approximate surface area is 150 Å². The van der Waals surface area contributed by atoms with Gasteiger partial charge in [0.15, 0.2) is 0 Å². The fourth-order valence-electron chi connectivity index (χ4n) is 3.13. The molecular formula is C20H29NO4. The van der Waals surface area contributed by atoms with Gasteiger partial charge in [-0.05, 0) is 51.9 Å². The van der Waals surface area contributed by atoms with Gasteiger partial charge in [0, 0.05) is 12.5 Å². The van der Waals surface area contributed by atoms with Gasteiger partial charge in [0.2, 0.25) is 0 Å². The highest BCUT2D eigenvalue weighted by molar-refractivity contribution is 5.68. The number of nitrogens with zero attached hydrogens (tertiary/aromatic N) is 1. The van der Waals surface area contributed by atoms with Gasteiger partial charge in [0.05, 0.1) is 24.7 Å². The summed E-state index contributed by atoms with van der Waals surface area (Å²) >= 11 is 0. The van der Waals surface area contributed by atoms with Crippen molar-refractivity contribution in [2.24, 2.45) is 11.8 Å². The first-order valence-corrected chi connectivity index (χ1v) is 9.11. The van der Waals surface area contributed by atoms with Gasteiger partial charge >= 0.3 is 6.09 Å². The fraction of sp³-hybridized carbons (Fsp3) is 0.750. The van der Waals surface area contributed by atoms with Crippen molar-refractivity contribution in [1.29, 1.82) is 0 Å². The van der Waals surface area contributed by atoms with Gasteiger partial charge in [0.25, 0.3) is 0 Å². The third-order valence-corrected chi connectivity index (χ3v) is 4.54. The first-order valence-electron chi connectivity index (χ1n) is 9.11. The molecule has 5 nitrogen and oxygen atoms in total. The number of ether oxygens (including phenoxy) is 1. The minimum Gasteiger partial charge on any atom is -0.444 e. The number of β-amino-alcohol motifs (C(OH)–C–C–N with tert-alkyl or cyclic N) is 1. The number of rotatable bonds is 0. The number of hydrogen-bond acceptors (Lipinski definition) is 4. The van der Waals surface area contributed by atoms with Crippen LogP contribution >= 0.6 is 0 Å². The molecule has 1 saturated heterocycles. The van der Waals surface area contributed by atoms with E-state index in [4.69, 9.17) is 4.74 Å². The Bertz CT molecular complexity index is 587. The van der Waals surface area contributed by atoms with E-state index in [9.17, 15) is 15.0 Å². The third kappa shape index (κ3) is 6.27. The Hall–Kier alpha value is -1.69. The first kappa shape index (κ1) is 19.6. The van der Waals surface area contributed by atoms with Gasteiger partial charge in [-0.2, -0.15) is 0 Å². The molecule has 0 unspecified atom stereocenters. The van der Waals surface area contributed by atoms with Gasteiger partial charge < -0.3 is 19.8 Å². The fourth-order valence-corrected chi connectivity index (χ4v) is 3.13. The van der Waals surface area contributed by atoms with Crippen LogP contribution in [-0.2, 0) is 4.74 Å². The largest absolute Gasteiger partial charge is 0.444 e. The Balaban J connectivity index is 1.85. The topological polar surface area (TPSA) is 70.0 Å². The van der Waals surface area contributed by atoms with Crippen LogP contribution in [0.2, 0.25) is 0 Å². The molecule has 2 N–H and O–H groups in total. The molecule has 25 heavy (non-hydrogen) atoms. The number of carbonyl (C=O) groups is 1. The lowest BCUT2D eigenvalue weighted by molar-refractivity contribution is -0.00421. The highest BCUT2D eigenvalue weighted by atomic mass is 16.6. The summed E-state index contributed by atoms with van der Waals surface area (Å²) < 4.78 is 5.33. The van der Waals surface area contributed by atoms with Crippen molar-refractivity contribution < 1.29 is 19.7 Å². The molecule has 1 aliphatic heterocycles. The van der Waals surface area contributed by atoms with Crippen molar-refractivity contribution >= 4 is 6.09 Å². The van der Waals surface area contributed by atoms with Crippen molar-refractivity contribution in [2.75, 3.05) is 13.1 Å². The smallest absolute Gasteiger partial charge is 0.410 e. The predicted molar refractivity (Wildman–Crippen MR) is 95.4 cm³/mol. The van der Waals surface area contributed by atoms with Gasteiger partial charge in [-0.3, -0.25) is 0 Å². The van der Waals surface area contributed by atoms with Gasteiger partial charge in [-0.25, -0.2) is 4.79 Å². The second-order valence-electron chi connectivity index (χ2n) is 7.89. The summed E-state index contributed by atoms with van der Waals surface area (Å²) in [5, 5.41) is 20.1. The maximum absolute atomic E-state index is 12.0. The van der Waals surface area contributed by atoms with E-state index in [1.807, 2.05) is 20.8 Å². The van der Waals surface area contributed by atoms with E-state index >= 15 is 0 Å². The van der Waals surface area contributed by atoms with E-state index in [2.05, 4.69) is 23.7 Å². The Morgan fingerprint density at radius 2 is 1.60 bits per heavy atom. The lowest BCUT2D eigenvalue weighted by Gasteiger charge is -2.34. The third-order valence-electron chi connectivity index (χ3n) is 4.54. The van der Waals surface area contributed by atoms with Gasteiger partial charge in [-0.1, -0.05) is 24.7 Å². The van der Waals surface area contributed by atoms with Crippen LogP contribution in [0.3, 0.4) is 0 Å². The van der Waals surface area contributed by atoms with Crippen LogP contribution in [0.5, 0.6) is 0 Å². The molecule has 138 valence electrons. The second-order valence-corrected chi connectivity index (χ2v) is 7.89. The van der Waals surface area contributed by atoms with E-state index in [1.165, 1.54) is 4.90 Å². The average molecular weight is 347 g/mol. The van der Waals surface area contributed by atoms with E-state index in [1.54, 1.807) is 0 Å². The zero-order chi connectivity index (χ0) is 18.4. The summed E-state index contributed by atoms with van der Waals surface area (Å²) in [5.41, 5.74) is -0.544. The van der Waals surface area contributed by atoms with Crippen molar-refractivity contribution in [3.05, 3.63) is 0 Å². The van der Waals surface area contributed by atoms with E-state index in [0.29, 0.717) is 13.0 Å². The molecule has 1 amide bonds. The number of hydrogen-bond donors (Lipinski definition) is 2. The molecule has 2 fully saturated rings. The number of aliphatic hydroxyl groups excluding tert-OH is 2. The summed E-state index contributed by atoms with van der Waals surface area (Å²) in [6.07, 6.45) is 3.06. The summed E-state index contributed by atoms with van der Waals surface area (Å²) in [4.78, 5) is 13.6. The van der Waals surface area contributed by atoms with E-state index in [0.717, 1.165) is 25.7 Å². The van der Waals surface area contributed by atoms with Crippen LogP contribution in [0.25, 0.3) is 0 Å². The lowest BCUT2D eigenvalue weighted by Crippen LogP contribution is -2.47. The maximum atomic E-state index is 12.0. The van der Waals surface area contributed by atoms with Crippen molar-refractivity contribution in [3.63, 3.8) is 0 Å². The predicted octanol–water partition coefficient (Wildman–Crippen LogP) is 2.16. The Morgan fingerprint density at radius 3 is 2.16 bits per heavy atom. The molecule has 2 rings (SSSR count). The molecule has 2 aliphatic rings. The molecule has 0 aromatic carbocycles. The van der Waals surface area contributed by atoms with E-state index < -0.39 is 17.8 Å². The zero-order valence-electron chi connectivity index (χ0n) is 15.4. The minimum absolute atomic E-state index is 0.0157. The molecule has 4 atom stereocenters. The van der Waals surface area contributed by atoms with Crippen molar-refractivity contribution in [1.82, 2.24) is 4.90 Å². The normalized spacial score (nSPS) is 29.7. The summed E-state index contributed by atoms with van der Waals surface area (Å²) in [5.74, 6) is 11.5. The molecule has 0 aromatic rings. The molecule has 1 heterocycles. The summed E-state index contributed by atoms with van der Waals surface area (Å²) in [7, 11) is 0. The molecule has 1 saturated carbocycles. The van der Waals surface area contributed by atoms with E-state index in [-0.39, 0.29) is 24.5 Å². The minimum atomic E-state index is -0.698. The van der Waals surface area contributed by atoms with Crippen LogP contribution in [-0.4, -0.2) is 52.1 Å². The summed E-state index contributed by atoms with van der Waals surface area (Å²) in [6, 6.07) is 0. The van der Waals surface area contributed by atoms with Crippen molar-refractivity contribution in [3.8, 4) is 23.7 Å².